The van der Waals surface area contributed by atoms with Gasteiger partial charge in [-0.3, -0.25) is 4.79 Å². The van der Waals surface area contributed by atoms with E-state index in [1.165, 1.54) is 24.0 Å². The van der Waals surface area contributed by atoms with Gasteiger partial charge in [0.1, 0.15) is 0 Å². The Bertz CT molecular complexity index is 1110. The molecule has 4 nitrogen and oxygen atoms in total. The van der Waals surface area contributed by atoms with Crippen LogP contribution < -0.4 is 5.32 Å². The molecule has 1 aromatic heterocycles. The highest BCUT2D eigenvalue weighted by atomic mass is 35.5. The number of hydrogen-bond acceptors (Lipinski definition) is 2. The molecular weight excluding hydrogens is 406 g/mol. The summed E-state index contributed by atoms with van der Waals surface area (Å²) in [6.07, 6.45) is 4.63. The summed E-state index contributed by atoms with van der Waals surface area (Å²) in [5.74, 6) is 0.0714. The molecule has 2 saturated heterocycles. The van der Waals surface area contributed by atoms with Crippen molar-refractivity contribution in [3.63, 3.8) is 0 Å². The van der Waals surface area contributed by atoms with Crippen LogP contribution in [0.3, 0.4) is 0 Å². The van der Waals surface area contributed by atoms with Gasteiger partial charge in [-0.1, -0.05) is 36.4 Å². The zero-order valence-electron chi connectivity index (χ0n) is 18.8. The predicted molar refractivity (Wildman–Crippen MR) is 130 cm³/mol. The topological polar surface area (TPSA) is 37.3 Å². The number of amides is 1. The molecular formula is C26H32ClN3O. The van der Waals surface area contributed by atoms with Crippen molar-refractivity contribution in [2.24, 2.45) is 7.05 Å². The van der Waals surface area contributed by atoms with Gasteiger partial charge in [-0.05, 0) is 69.3 Å². The Hall–Kier alpha value is -2.30. The lowest BCUT2D eigenvalue weighted by atomic mass is 9.96. The highest BCUT2D eigenvalue weighted by molar-refractivity contribution is 6.14. The van der Waals surface area contributed by atoms with E-state index in [1.807, 2.05) is 18.2 Å². The summed E-state index contributed by atoms with van der Waals surface area (Å²) in [5.41, 5.74) is 6.45. The third-order valence-electron chi connectivity index (χ3n) is 7.61. The van der Waals surface area contributed by atoms with Crippen molar-refractivity contribution in [2.75, 3.05) is 7.05 Å². The van der Waals surface area contributed by atoms with E-state index in [-0.39, 0.29) is 24.4 Å². The fourth-order valence-corrected chi connectivity index (χ4v) is 5.75. The van der Waals surface area contributed by atoms with Crippen molar-refractivity contribution in [1.29, 1.82) is 0 Å². The second-order valence-corrected chi connectivity index (χ2v) is 9.24. The predicted octanol–water partition coefficient (Wildman–Crippen LogP) is 5.24. The number of fused-ring (bicyclic) bond motifs is 3. The van der Waals surface area contributed by atoms with Crippen molar-refractivity contribution in [1.82, 2.24) is 14.8 Å². The average Bonchev–Trinajstić information content (AvgIpc) is 3.13. The van der Waals surface area contributed by atoms with Crippen LogP contribution in [-0.4, -0.2) is 40.5 Å². The number of benzene rings is 2. The van der Waals surface area contributed by atoms with E-state index in [0.717, 1.165) is 40.6 Å². The van der Waals surface area contributed by atoms with Crippen LogP contribution in [0.1, 0.15) is 47.2 Å². The third-order valence-corrected chi connectivity index (χ3v) is 7.61. The van der Waals surface area contributed by atoms with E-state index in [0.29, 0.717) is 12.1 Å². The molecule has 164 valence electrons. The standard InChI is InChI=1S/C26H31N3O.ClH/c1-16-10-13-22-23(17(16)2)24(25(29(22)4)18-8-6-5-7-9-18)26(30)27-19-14-20-11-12-21(15-19)28(20)3;/h5-10,13,19-21H,11-12,14-15H2,1-4H3,(H,27,30);1H. The van der Waals surface area contributed by atoms with E-state index in [4.69, 9.17) is 0 Å². The number of hydrogen-bond donors (Lipinski definition) is 1. The molecule has 5 rings (SSSR count). The Labute approximate surface area is 191 Å². The number of carbonyl (C=O) groups is 1. The van der Waals surface area contributed by atoms with Gasteiger partial charge < -0.3 is 14.8 Å². The number of carbonyl (C=O) groups excluding carboxylic acids is 1. The Morgan fingerprint density at radius 3 is 2.26 bits per heavy atom. The first-order valence-electron chi connectivity index (χ1n) is 11.1. The zero-order chi connectivity index (χ0) is 21.0. The smallest absolute Gasteiger partial charge is 0.254 e. The lowest BCUT2D eigenvalue weighted by Gasteiger charge is -2.36. The Morgan fingerprint density at radius 1 is 0.968 bits per heavy atom. The van der Waals surface area contributed by atoms with Gasteiger partial charge in [-0.15, -0.1) is 12.4 Å². The maximum atomic E-state index is 13.8. The van der Waals surface area contributed by atoms with Crippen LogP contribution in [0, 0.1) is 13.8 Å². The van der Waals surface area contributed by atoms with E-state index in [9.17, 15) is 4.79 Å². The number of aromatic nitrogens is 1. The summed E-state index contributed by atoms with van der Waals surface area (Å²) >= 11 is 0. The molecule has 31 heavy (non-hydrogen) atoms. The molecule has 0 aliphatic carbocycles. The lowest BCUT2D eigenvalue weighted by molar-refractivity contribution is 0.0884. The van der Waals surface area contributed by atoms with Gasteiger partial charge in [0, 0.05) is 36.1 Å². The minimum atomic E-state index is 0. The van der Waals surface area contributed by atoms with Gasteiger partial charge in [0.15, 0.2) is 0 Å². The van der Waals surface area contributed by atoms with Crippen LogP contribution >= 0.6 is 12.4 Å². The number of aryl methyl sites for hydroxylation is 3. The van der Waals surface area contributed by atoms with Crippen molar-refractivity contribution < 1.29 is 4.79 Å². The van der Waals surface area contributed by atoms with Crippen molar-refractivity contribution in [3.05, 3.63) is 59.2 Å². The second kappa shape index (κ2) is 8.33. The molecule has 2 bridgehead atoms. The molecule has 0 saturated carbocycles. The first-order valence-corrected chi connectivity index (χ1v) is 11.1. The van der Waals surface area contributed by atoms with Crippen LogP contribution in [0.5, 0.6) is 0 Å². The minimum absolute atomic E-state index is 0. The number of nitrogens with one attached hydrogen (secondary N) is 1. The maximum absolute atomic E-state index is 13.8. The van der Waals surface area contributed by atoms with Crippen LogP contribution in [0.2, 0.25) is 0 Å². The quantitative estimate of drug-likeness (QED) is 0.608. The summed E-state index contributed by atoms with van der Waals surface area (Å²) < 4.78 is 2.18. The van der Waals surface area contributed by atoms with Crippen molar-refractivity contribution in [3.8, 4) is 11.3 Å². The fraction of sp³-hybridized carbons (Fsp3) is 0.423. The Balaban J connectivity index is 0.00000231. The first-order chi connectivity index (χ1) is 14.5. The number of nitrogens with zero attached hydrogens (tertiary/aromatic N) is 2. The number of piperidine rings is 1. The molecule has 3 aromatic rings. The van der Waals surface area contributed by atoms with Crippen LogP contribution in [0.25, 0.3) is 22.2 Å². The maximum Gasteiger partial charge on any atom is 0.254 e. The molecule has 0 radical (unpaired) electrons. The largest absolute Gasteiger partial charge is 0.349 e. The first kappa shape index (κ1) is 21.9. The third kappa shape index (κ3) is 3.56. The van der Waals surface area contributed by atoms with Crippen LogP contribution in [0.15, 0.2) is 42.5 Å². The normalized spacial score (nSPS) is 23.0. The Kier molecular flexibility index (Phi) is 5.89. The molecule has 2 aliphatic heterocycles. The number of halogens is 1. The summed E-state index contributed by atoms with van der Waals surface area (Å²) in [6, 6.07) is 16.1. The summed E-state index contributed by atoms with van der Waals surface area (Å²) in [4.78, 5) is 16.3. The summed E-state index contributed by atoms with van der Waals surface area (Å²) in [5, 5.41) is 4.53. The van der Waals surface area contributed by atoms with Gasteiger partial charge >= 0.3 is 0 Å². The number of rotatable bonds is 3. The summed E-state index contributed by atoms with van der Waals surface area (Å²) in [7, 11) is 4.32. The molecule has 2 atom stereocenters. The SMILES string of the molecule is Cc1ccc2c(c1C)c(C(=O)NC1CC3CCC(C1)N3C)c(-c1ccccc1)n2C.Cl. The molecule has 1 N–H and O–H groups in total. The average molecular weight is 438 g/mol. The molecule has 3 heterocycles. The van der Waals surface area contributed by atoms with Crippen LogP contribution in [0.4, 0.5) is 0 Å². The molecule has 2 aliphatic rings. The summed E-state index contributed by atoms with van der Waals surface area (Å²) in [6.45, 7) is 4.26. The van der Waals surface area contributed by atoms with Gasteiger partial charge in [0.2, 0.25) is 0 Å². The van der Waals surface area contributed by atoms with E-state index >= 15 is 0 Å². The second-order valence-electron chi connectivity index (χ2n) is 9.24. The fourth-order valence-electron chi connectivity index (χ4n) is 5.75. The lowest BCUT2D eigenvalue weighted by Crippen LogP contribution is -2.48. The monoisotopic (exact) mass is 437 g/mol. The molecule has 0 spiro atoms. The van der Waals surface area contributed by atoms with E-state index in [2.05, 4.69) is 67.0 Å². The highest BCUT2D eigenvalue weighted by Gasteiger charge is 2.39. The highest BCUT2D eigenvalue weighted by Crippen LogP contribution is 2.37. The van der Waals surface area contributed by atoms with Gasteiger partial charge in [0.05, 0.1) is 11.3 Å². The molecule has 1 amide bonds. The van der Waals surface area contributed by atoms with Crippen molar-refractivity contribution in [2.45, 2.75) is 57.7 Å². The zero-order valence-corrected chi connectivity index (χ0v) is 19.6. The Morgan fingerprint density at radius 2 is 1.61 bits per heavy atom. The molecule has 2 unspecified atom stereocenters. The van der Waals surface area contributed by atoms with Gasteiger partial charge in [0.25, 0.3) is 5.91 Å². The van der Waals surface area contributed by atoms with Crippen LogP contribution in [-0.2, 0) is 7.05 Å². The van der Waals surface area contributed by atoms with E-state index in [1.54, 1.807) is 0 Å². The van der Waals surface area contributed by atoms with Gasteiger partial charge in [-0.2, -0.15) is 0 Å². The van der Waals surface area contributed by atoms with Gasteiger partial charge in [-0.25, -0.2) is 0 Å². The molecule has 2 fully saturated rings. The minimum Gasteiger partial charge on any atom is -0.349 e. The molecule has 5 heteroatoms. The molecule has 2 aromatic carbocycles. The van der Waals surface area contributed by atoms with Crippen molar-refractivity contribution >= 4 is 29.2 Å². The van der Waals surface area contributed by atoms with E-state index < -0.39 is 0 Å².